The third kappa shape index (κ3) is 3.36. The van der Waals surface area contributed by atoms with Gasteiger partial charge in [0.15, 0.2) is 0 Å². The van der Waals surface area contributed by atoms with Crippen LogP contribution in [0, 0.1) is 0 Å². The van der Waals surface area contributed by atoms with Gasteiger partial charge >= 0.3 is 0 Å². The first-order valence-electron chi connectivity index (χ1n) is 6.94. The van der Waals surface area contributed by atoms with Gasteiger partial charge in [0.05, 0.1) is 17.6 Å². The lowest BCUT2D eigenvalue weighted by atomic mass is 10.0. The summed E-state index contributed by atoms with van der Waals surface area (Å²) in [6.07, 6.45) is 2.68. The molecule has 0 bridgehead atoms. The average Bonchev–Trinajstić information content (AvgIpc) is 3.00. The van der Waals surface area contributed by atoms with Gasteiger partial charge < -0.3 is 0 Å². The molecule has 1 aliphatic rings. The van der Waals surface area contributed by atoms with E-state index >= 15 is 0 Å². The zero-order chi connectivity index (χ0) is 16.7. The number of anilines is 2. The molecule has 9 heteroatoms. The van der Waals surface area contributed by atoms with Crippen LogP contribution in [0.25, 0.3) is 0 Å². The fourth-order valence-corrected chi connectivity index (χ4v) is 5.60. The van der Waals surface area contributed by atoms with E-state index in [0.717, 1.165) is 36.0 Å². The van der Waals surface area contributed by atoms with Crippen molar-refractivity contribution in [3.8, 4) is 0 Å². The molecule has 2 aromatic rings. The summed E-state index contributed by atoms with van der Waals surface area (Å²) >= 11 is 1.13. The Balaban J connectivity index is 1.98. The number of benzene rings is 1. The Morgan fingerprint density at radius 1 is 1.17 bits per heavy atom. The fraction of sp³-hybridized carbons (Fsp3) is 0.286. The second-order valence-corrected chi connectivity index (χ2v) is 10.1. The van der Waals surface area contributed by atoms with Crippen molar-refractivity contribution in [3.63, 3.8) is 0 Å². The number of sulfonamides is 2. The molecule has 6 nitrogen and oxygen atoms in total. The number of nitrogens with one attached hydrogen (secondary N) is 1. The first kappa shape index (κ1) is 16.3. The lowest BCUT2D eigenvalue weighted by molar-refractivity contribution is 0.592. The third-order valence-corrected chi connectivity index (χ3v) is 7.53. The van der Waals surface area contributed by atoms with E-state index in [1.54, 1.807) is 29.6 Å². The van der Waals surface area contributed by atoms with Crippen LogP contribution in [-0.4, -0.2) is 29.6 Å². The van der Waals surface area contributed by atoms with Crippen LogP contribution in [0.3, 0.4) is 0 Å². The summed E-state index contributed by atoms with van der Waals surface area (Å²) in [6.45, 7) is 0.410. The first-order chi connectivity index (χ1) is 10.8. The monoisotopic (exact) mass is 372 g/mol. The topological polar surface area (TPSA) is 83.6 Å². The molecule has 0 aliphatic carbocycles. The highest BCUT2D eigenvalue weighted by atomic mass is 32.2. The fourth-order valence-electron chi connectivity index (χ4n) is 2.57. The molecule has 0 saturated heterocycles. The van der Waals surface area contributed by atoms with Crippen LogP contribution in [0.1, 0.15) is 12.0 Å². The summed E-state index contributed by atoms with van der Waals surface area (Å²) in [5.74, 6) is 0. The smallest absolute Gasteiger partial charge is 0.271 e. The van der Waals surface area contributed by atoms with Gasteiger partial charge in [-0.15, -0.1) is 11.3 Å². The van der Waals surface area contributed by atoms with Gasteiger partial charge in [-0.25, -0.2) is 16.8 Å². The molecule has 3 rings (SSSR count). The van der Waals surface area contributed by atoms with E-state index in [4.69, 9.17) is 0 Å². The molecule has 0 atom stereocenters. The molecule has 1 aliphatic heterocycles. The van der Waals surface area contributed by atoms with Crippen molar-refractivity contribution >= 4 is 42.8 Å². The lowest BCUT2D eigenvalue weighted by Gasteiger charge is -2.29. The molecule has 0 saturated carbocycles. The Hall–Kier alpha value is -1.58. The molecule has 0 spiro atoms. The summed E-state index contributed by atoms with van der Waals surface area (Å²) in [7, 11) is -7.03. The van der Waals surface area contributed by atoms with Crippen molar-refractivity contribution < 1.29 is 16.8 Å². The number of hydrogen-bond donors (Lipinski definition) is 1. The molecular formula is C14H16N2O4S3. The molecule has 1 aromatic carbocycles. The minimum absolute atomic E-state index is 0.218. The molecular weight excluding hydrogens is 356 g/mol. The SMILES string of the molecule is CS(=O)(=O)N1CCCc2ccc(NS(=O)(=O)c3cccs3)cc21. The van der Waals surface area contributed by atoms with E-state index in [0.29, 0.717) is 17.9 Å². The highest BCUT2D eigenvalue weighted by Gasteiger charge is 2.25. The van der Waals surface area contributed by atoms with Crippen molar-refractivity contribution in [2.24, 2.45) is 0 Å². The molecule has 0 amide bonds. The van der Waals surface area contributed by atoms with E-state index < -0.39 is 20.0 Å². The summed E-state index contributed by atoms with van der Waals surface area (Å²) in [4.78, 5) is 0. The van der Waals surface area contributed by atoms with Crippen LogP contribution in [-0.2, 0) is 26.5 Å². The van der Waals surface area contributed by atoms with Gasteiger partial charge in [-0.2, -0.15) is 0 Å². The van der Waals surface area contributed by atoms with E-state index in [1.807, 2.05) is 0 Å². The van der Waals surface area contributed by atoms with Crippen molar-refractivity contribution in [3.05, 3.63) is 41.3 Å². The van der Waals surface area contributed by atoms with Crippen LogP contribution in [0.5, 0.6) is 0 Å². The Morgan fingerprint density at radius 2 is 1.96 bits per heavy atom. The van der Waals surface area contributed by atoms with Crippen LogP contribution in [0.2, 0.25) is 0 Å². The normalized spacial score (nSPS) is 15.3. The average molecular weight is 372 g/mol. The predicted octanol–water partition coefficient (Wildman–Crippen LogP) is 2.26. The number of hydrogen-bond acceptors (Lipinski definition) is 5. The quantitative estimate of drug-likeness (QED) is 0.892. The molecule has 0 radical (unpaired) electrons. The molecule has 1 aromatic heterocycles. The minimum atomic E-state index is -3.65. The van der Waals surface area contributed by atoms with Crippen LogP contribution in [0.15, 0.2) is 39.9 Å². The van der Waals surface area contributed by atoms with Crippen molar-refractivity contribution in [1.82, 2.24) is 0 Å². The third-order valence-electron chi connectivity index (χ3n) is 3.57. The number of aryl methyl sites for hydroxylation is 1. The highest BCUT2D eigenvalue weighted by Crippen LogP contribution is 2.32. The van der Waals surface area contributed by atoms with E-state index in [1.165, 1.54) is 10.4 Å². The number of rotatable bonds is 4. The summed E-state index contributed by atoms with van der Waals surface area (Å²) in [6, 6.07) is 8.21. The number of nitrogens with zero attached hydrogens (tertiary/aromatic N) is 1. The lowest BCUT2D eigenvalue weighted by Crippen LogP contribution is -2.34. The van der Waals surface area contributed by atoms with E-state index in [2.05, 4.69) is 4.72 Å². The second-order valence-electron chi connectivity index (χ2n) is 5.32. The second kappa shape index (κ2) is 5.81. The maximum atomic E-state index is 12.3. The largest absolute Gasteiger partial charge is 0.279 e. The first-order valence-corrected chi connectivity index (χ1v) is 11.2. The zero-order valence-corrected chi connectivity index (χ0v) is 14.8. The molecule has 23 heavy (non-hydrogen) atoms. The van der Waals surface area contributed by atoms with Crippen LogP contribution in [0.4, 0.5) is 11.4 Å². The molecule has 2 heterocycles. The Bertz CT molecular complexity index is 919. The summed E-state index contributed by atoms with van der Waals surface area (Å²) in [5.41, 5.74) is 1.80. The van der Waals surface area contributed by atoms with Crippen LogP contribution < -0.4 is 9.03 Å². The van der Waals surface area contributed by atoms with Gasteiger partial charge in [0.25, 0.3) is 10.0 Å². The van der Waals surface area contributed by atoms with Gasteiger partial charge in [0.2, 0.25) is 10.0 Å². The summed E-state index contributed by atoms with van der Waals surface area (Å²) in [5, 5.41) is 1.69. The number of fused-ring (bicyclic) bond motifs is 1. The van der Waals surface area contributed by atoms with Gasteiger partial charge in [-0.05, 0) is 42.0 Å². The summed E-state index contributed by atoms with van der Waals surface area (Å²) < 4.78 is 52.4. The Morgan fingerprint density at radius 3 is 2.61 bits per heavy atom. The van der Waals surface area contributed by atoms with Crippen molar-refractivity contribution in [1.29, 1.82) is 0 Å². The van der Waals surface area contributed by atoms with Gasteiger partial charge in [0.1, 0.15) is 4.21 Å². The Kier molecular flexibility index (Phi) is 4.11. The minimum Gasteiger partial charge on any atom is -0.279 e. The molecule has 124 valence electrons. The zero-order valence-electron chi connectivity index (χ0n) is 12.4. The standard InChI is InChI=1S/C14H16N2O4S3/c1-22(17,18)16-8-2-4-11-6-7-12(10-13(11)16)15-23(19,20)14-5-3-9-21-14/h3,5-7,9-10,15H,2,4,8H2,1H3. The van der Waals surface area contributed by atoms with Gasteiger partial charge in [-0.1, -0.05) is 12.1 Å². The number of thiophene rings is 1. The van der Waals surface area contributed by atoms with E-state index in [-0.39, 0.29) is 4.21 Å². The molecule has 0 fully saturated rings. The molecule has 1 N–H and O–H groups in total. The van der Waals surface area contributed by atoms with E-state index in [9.17, 15) is 16.8 Å². The Labute approximate surface area is 139 Å². The van der Waals surface area contributed by atoms with Gasteiger partial charge in [-0.3, -0.25) is 9.03 Å². The van der Waals surface area contributed by atoms with Crippen LogP contribution >= 0.6 is 11.3 Å². The predicted molar refractivity (Wildman–Crippen MR) is 92.1 cm³/mol. The maximum Gasteiger partial charge on any atom is 0.271 e. The van der Waals surface area contributed by atoms with Crippen molar-refractivity contribution in [2.45, 2.75) is 17.1 Å². The maximum absolute atomic E-state index is 12.3. The highest BCUT2D eigenvalue weighted by molar-refractivity contribution is 7.94. The van der Waals surface area contributed by atoms with Gasteiger partial charge in [0, 0.05) is 6.54 Å². The molecule has 0 unspecified atom stereocenters. The van der Waals surface area contributed by atoms with Crippen molar-refractivity contribution in [2.75, 3.05) is 21.8 Å².